The van der Waals surface area contributed by atoms with Crippen LogP contribution in [0.5, 0.6) is 0 Å². The topological polar surface area (TPSA) is 114 Å². The standard InChI is InChI=1S/C25H39N3O6/c1-9-17-11-13-18(14-12-17)21(22(31)26-16-20(30)33-8)28(25(6,7)10-2)19(29)15-27-23(32)34-24(3,4)5/h11-14,21H,9-10,15-16H2,1-8H3,(H,26,31)(H,27,32). The number of nitrogens with one attached hydrogen (secondary N) is 2. The number of rotatable bonds is 10. The molecule has 0 spiro atoms. The van der Waals surface area contributed by atoms with Gasteiger partial charge >= 0.3 is 12.1 Å². The number of hydrogen-bond acceptors (Lipinski definition) is 6. The van der Waals surface area contributed by atoms with Crippen molar-refractivity contribution >= 4 is 23.9 Å². The molecule has 0 saturated carbocycles. The number of carbonyl (C=O) groups is 4. The Hall–Kier alpha value is -3.10. The molecule has 34 heavy (non-hydrogen) atoms. The van der Waals surface area contributed by atoms with Gasteiger partial charge in [0.25, 0.3) is 0 Å². The zero-order valence-electron chi connectivity index (χ0n) is 21.6. The number of ether oxygens (including phenoxy) is 2. The molecule has 0 heterocycles. The van der Waals surface area contributed by atoms with Crippen molar-refractivity contribution in [1.29, 1.82) is 0 Å². The molecular formula is C25H39N3O6. The summed E-state index contributed by atoms with van der Waals surface area (Å²) in [4.78, 5) is 52.0. The van der Waals surface area contributed by atoms with Crippen molar-refractivity contribution in [2.45, 2.75) is 78.5 Å². The molecule has 3 amide bonds. The molecule has 0 aliphatic heterocycles. The number of alkyl carbamates (subject to hydrolysis) is 1. The molecule has 190 valence electrons. The zero-order valence-corrected chi connectivity index (χ0v) is 21.6. The minimum Gasteiger partial charge on any atom is -0.468 e. The van der Waals surface area contributed by atoms with E-state index in [4.69, 9.17) is 4.74 Å². The van der Waals surface area contributed by atoms with E-state index >= 15 is 0 Å². The Morgan fingerprint density at radius 2 is 1.53 bits per heavy atom. The van der Waals surface area contributed by atoms with E-state index in [1.165, 1.54) is 12.0 Å². The molecule has 1 aromatic rings. The van der Waals surface area contributed by atoms with Crippen molar-refractivity contribution < 1.29 is 28.7 Å². The maximum atomic E-state index is 13.4. The van der Waals surface area contributed by atoms with E-state index in [0.717, 1.165) is 12.0 Å². The van der Waals surface area contributed by atoms with Crippen molar-refractivity contribution in [3.05, 3.63) is 35.4 Å². The second kappa shape index (κ2) is 12.4. The molecule has 0 aromatic heterocycles. The lowest BCUT2D eigenvalue weighted by Crippen LogP contribution is -2.56. The second-order valence-corrected chi connectivity index (χ2v) is 9.58. The quantitative estimate of drug-likeness (QED) is 0.501. The van der Waals surface area contributed by atoms with Crippen LogP contribution in [-0.4, -0.2) is 60.1 Å². The highest BCUT2D eigenvalue weighted by Crippen LogP contribution is 2.31. The molecule has 0 saturated heterocycles. The maximum Gasteiger partial charge on any atom is 0.408 e. The monoisotopic (exact) mass is 477 g/mol. The number of hydrogen-bond donors (Lipinski definition) is 2. The normalized spacial score (nSPS) is 12.4. The number of amides is 3. The minimum atomic E-state index is -1.03. The lowest BCUT2D eigenvalue weighted by molar-refractivity contribution is -0.148. The van der Waals surface area contributed by atoms with Crippen LogP contribution >= 0.6 is 0 Å². The highest BCUT2D eigenvalue weighted by atomic mass is 16.6. The van der Waals surface area contributed by atoms with Gasteiger partial charge in [-0.3, -0.25) is 14.4 Å². The summed E-state index contributed by atoms with van der Waals surface area (Å²) in [5.74, 6) is -1.59. The van der Waals surface area contributed by atoms with E-state index in [1.54, 1.807) is 32.9 Å². The second-order valence-electron chi connectivity index (χ2n) is 9.58. The van der Waals surface area contributed by atoms with E-state index in [0.29, 0.717) is 12.0 Å². The first-order valence-corrected chi connectivity index (χ1v) is 11.5. The van der Waals surface area contributed by atoms with Crippen molar-refractivity contribution in [3.8, 4) is 0 Å². The summed E-state index contributed by atoms with van der Waals surface area (Å²) in [6.07, 6.45) is 0.635. The van der Waals surface area contributed by atoms with Crippen molar-refractivity contribution in [2.75, 3.05) is 20.2 Å². The third-order valence-corrected chi connectivity index (χ3v) is 5.41. The zero-order chi connectivity index (χ0) is 26.1. The van der Waals surface area contributed by atoms with Crippen LogP contribution in [0.2, 0.25) is 0 Å². The summed E-state index contributed by atoms with van der Waals surface area (Å²) in [5.41, 5.74) is 0.208. The molecule has 0 radical (unpaired) electrons. The Balaban J connectivity index is 3.35. The number of esters is 1. The van der Waals surface area contributed by atoms with Crippen LogP contribution in [0, 0.1) is 0 Å². The molecule has 1 aromatic carbocycles. The number of aryl methyl sites for hydroxylation is 1. The fourth-order valence-electron chi connectivity index (χ4n) is 3.23. The van der Waals surface area contributed by atoms with E-state index in [2.05, 4.69) is 15.4 Å². The van der Waals surface area contributed by atoms with E-state index in [-0.39, 0.29) is 13.1 Å². The molecule has 0 aliphatic rings. The largest absolute Gasteiger partial charge is 0.468 e. The fraction of sp³-hybridized carbons (Fsp3) is 0.600. The Bertz CT molecular complexity index is 858. The minimum absolute atomic E-state index is 0.330. The summed E-state index contributed by atoms with van der Waals surface area (Å²) in [5, 5.41) is 5.05. The molecule has 0 bridgehead atoms. The van der Waals surface area contributed by atoms with Crippen LogP contribution in [0.15, 0.2) is 24.3 Å². The van der Waals surface area contributed by atoms with Gasteiger partial charge in [-0.2, -0.15) is 0 Å². The number of carbonyl (C=O) groups excluding carboxylic acids is 4. The number of methoxy groups -OCH3 is 1. The van der Waals surface area contributed by atoms with Crippen molar-refractivity contribution in [1.82, 2.24) is 15.5 Å². The van der Waals surface area contributed by atoms with E-state index < -0.39 is 41.1 Å². The van der Waals surface area contributed by atoms with Gasteiger partial charge in [0.1, 0.15) is 24.7 Å². The smallest absolute Gasteiger partial charge is 0.408 e. The SMILES string of the molecule is CCc1ccc(C(C(=O)NCC(=O)OC)N(C(=O)CNC(=O)OC(C)(C)C)C(C)(C)CC)cc1. The third kappa shape index (κ3) is 8.68. The Kier molecular flexibility index (Phi) is 10.5. The molecule has 9 nitrogen and oxygen atoms in total. The first kappa shape index (κ1) is 28.9. The van der Waals surface area contributed by atoms with Crippen LogP contribution in [-0.2, 0) is 30.3 Å². The third-order valence-electron chi connectivity index (χ3n) is 5.41. The van der Waals surface area contributed by atoms with Gasteiger partial charge in [0.05, 0.1) is 7.11 Å². The van der Waals surface area contributed by atoms with Gasteiger partial charge in [0, 0.05) is 5.54 Å². The van der Waals surface area contributed by atoms with Crippen LogP contribution in [0.3, 0.4) is 0 Å². The van der Waals surface area contributed by atoms with Crippen LogP contribution in [0.1, 0.15) is 72.1 Å². The van der Waals surface area contributed by atoms with Crippen LogP contribution < -0.4 is 10.6 Å². The van der Waals surface area contributed by atoms with Gasteiger partial charge in [-0.25, -0.2) is 4.79 Å². The summed E-state index contributed by atoms with van der Waals surface area (Å²) in [6.45, 7) is 12.1. The van der Waals surface area contributed by atoms with Gasteiger partial charge in [-0.15, -0.1) is 0 Å². The average Bonchev–Trinajstić information content (AvgIpc) is 2.77. The van der Waals surface area contributed by atoms with Crippen LogP contribution in [0.25, 0.3) is 0 Å². The van der Waals surface area contributed by atoms with E-state index in [9.17, 15) is 19.2 Å². The molecule has 2 N–H and O–H groups in total. The highest BCUT2D eigenvalue weighted by molar-refractivity contribution is 5.92. The first-order valence-electron chi connectivity index (χ1n) is 11.5. The number of benzene rings is 1. The van der Waals surface area contributed by atoms with Crippen molar-refractivity contribution in [3.63, 3.8) is 0 Å². The summed E-state index contributed by atoms with van der Waals surface area (Å²) >= 11 is 0. The van der Waals surface area contributed by atoms with Gasteiger partial charge < -0.3 is 25.0 Å². The summed E-state index contributed by atoms with van der Waals surface area (Å²) in [6, 6.07) is 6.37. The molecule has 0 fully saturated rings. The Morgan fingerprint density at radius 3 is 2.00 bits per heavy atom. The van der Waals surface area contributed by atoms with Gasteiger partial charge in [-0.05, 0) is 58.6 Å². The maximum absolute atomic E-state index is 13.4. The van der Waals surface area contributed by atoms with Gasteiger partial charge in [-0.1, -0.05) is 38.1 Å². The van der Waals surface area contributed by atoms with Gasteiger partial charge in [0.15, 0.2) is 0 Å². The first-order chi connectivity index (χ1) is 15.8. The average molecular weight is 478 g/mol. The lowest BCUT2D eigenvalue weighted by atomic mass is 9.92. The Morgan fingerprint density at radius 1 is 0.941 bits per heavy atom. The molecule has 1 rings (SSSR count). The van der Waals surface area contributed by atoms with Crippen LogP contribution in [0.4, 0.5) is 4.79 Å². The molecule has 1 unspecified atom stereocenters. The molecule has 9 heteroatoms. The highest BCUT2D eigenvalue weighted by Gasteiger charge is 2.40. The molecule has 0 aliphatic carbocycles. The van der Waals surface area contributed by atoms with Crippen molar-refractivity contribution in [2.24, 2.45) is 0 Å². The van der Waals surface area contributed by atoms with E-state index in [1.807, 2.05) is 39.8 Å². The molecular weight excluding hydrogens is 438 g/mol. The summed E-state index contributed by atoms with van der Waals surface area (Å²) in [7, 11) is 1.23. The lowest BCUT2D eigenvalue weighted by Gasteiger charge is -2.43. The summed E-state index contributed by atoms with van der Waals surface area (Å²) < 4.78 is 9.85. The van der Waals surface area contributed by atoms with Gasteiger partial charge in [0.2, 0.25) is 11.8 Å². The number of nitrogens with zero attached hydrogens (tertiary/aromatic N) is 1. The Labute approximate surface area is 202 Å². The fourth-order valence-corrected chi connectivity index (χ4v) is 3.23. The predicted molar refractivity (Wildman–Crippen MR) is 129 cm³/mol. The molecule has 1 atom stereocenters. The predicted octanol–water partition coefficient (Wildman–Crippen LogP) is 3.12.